The molecule has 0 aromatic heterocycles. The van der Waals surface area contributed by atoms with Gasteiger partial charge in [-0.1, -0.05) is 6.92 Å². The molecule has 0 amide bonds. The zero-order chi connectivity index (χ0) is 9.26. The molecule has 1 saturated heterocycles. The highest BCUT2D eigenvalue weighted by molar-refractivity contribution is 4.86. The molecule has 1 aliphatic carbocycles. The van der Waals surface area contributed by atoms with E-state index in [1.165, 1.54) is 38.8 Å². The Hall–Kier alpha value is -0.0800. The Morgan fingerprint density at radius 2 is 2.00 bits per heavy atom. The molecular weight excluding hydrogens is 160 g/mol. The third-order valence-electron chi connectivity index (χ3n) is 3.56. The van der Waals surface area contributed by atoms with Gasteiger partial charge in [-0.2, -0.15) is 0 Å². The van der Waals surface area contributed by atoms with Crippen LogP contribution in [0.25, 0.3) is 0 Å². The summed E-state index contributed by atoms with van der Waals surface area (Å²) in [5, 5.41) is 3.80. The minimum Gasteiger partial charge on any atom is -0.310 e. The number of hydrogen-bond acceptors (Lipinski definition) is 2. The Bertz CT molecular complexity index is 151. The Labute approximate surface area is 81.7 Å². The summed E-state index contributed by atoms with van der Waals surface area (Å²) in [6.45, 7) is 4.91. The van der Waals surface area contributed by atoms with Crippen molar-refractivity contribution in [3.05, 3.63) is 0 Å². The van der Waals surface area contributed by atoms with E-state index >= 15 is 0 Å². The van der Waals surface area contributed by atoms with Gasteiger partial charge in [0.05, 0.1) is 0 Å². The smallest absolute Gasteiger partial charge is 0.0209 e. The van der Waals surface area contributed by atoms with Crippen molar-refractivity contribution >= 4 is 0 Å². The summed E-state index contributed by atoms with van der Waals surface area (Å²) in [7, 11) is 2.22. The number of likely N-dealkylation sites (tertiary alicyclic amines) is 1. The molecule has 3 atom stereocenters. The molecule has 1 N–H and O–H groups in total. The maximum Gasteiger partial charge on any atom is 0.0209 e. The predicted molar refractivity (Wildman–Crippen MR) is 55.8 cm³/mol. The van der Waals surface area contributed by atoms with Crippen LogP contribution in [0.2, 0.25) is 0 Å². The standard InChI is InChI=1S/C11H22N2/c1-9-3-4-10(7-9)12-11-5-6-13(2)8-11/h9-12H,3-8H2,1-2H3/t9-,10-,11-/m1/s1. The zero-order valence-electron chi connectivity index (χ0n) is 8.92. The van der Waals surface area contributed by atoms with Crippen LogP contribution < -0.4 is 5.32 Å². The van der Waals surface area contributed by atoms with Gasteiger partial charge in [0.25, 0.3) is 0 Å². The summed E-state index contributed by atoms with van der Waals surface area (Å²) in [6.07, 6.45) is 5.59. The number of hydrogen-bond donors (Lipinski definition) is 1. The first-order chi connectivity index (χ1) is 6.24. The lowest BCUT2D eigenvalue weighted by atomic mass is 10.1. The van der Waals surface area contributed by atoms with Crippen molar-refractivity contribution in [2.24, 2.45) is 5.92 Å². The largest absolute Gasteiger partial charge is 0.310 e. The molecule has 1 aliphatic heterocycles. The van der Waals surface area contributed by atoms with Crippen LogP contribution in [0, 0.1) is 5.92 Å². The van der Waals surface area contributed by atoms with Crippen molar-refractivity contribution in [2.75, 3.05) is 20.1 Å². The second-order valence-electron chi connectivity index (χ2n) is 5.03. The van der Waals surface area contributed by atoms with Gasteiger partial charge in [-0.15, -0.1) is 0 Å². The monoisotopic (exact) mass is 182 g/mol. The van der Waals surface area contributed by atoms with Gasteiger partial charge in [-0.3, -0.25) is 0 Å². The molecule has 13 heavy (non-hydrogen) atoms. The Morgan fingerprint density at radius 3 is 2.54 bits per heavy atom. The normalized spacial score (nSPS) is 41.5. The van der Waals surface area contributed by atoms with Crippen LogP contribution in [0.3, 0.4) is 0 Å². The zero-order valence-corrected chi connectivity index (χ0v) is 8.92. The molecule has 2 rings (SSSR count). The summed E-state index contributed by atoms with van der Waals surface area (Å²) >= 11 is 0. The van der Waals surface area contributed by atoms with Crippen LogP contribution in [-0.2, 0) is 0 Å². The highest BCUT2D eigenvalue weighted by Crippen LogP contribution is 2.25. The molecule has 2 nitrogen and oxygen atoms in total. The summed E-state index contributed by atoms with van der Waals surface area (Å²) in [6, 6.07) is 1.60. The van der Waals surface area contributed by atoms with Gasteiger partial charge in [0.2, 0.25) is 0 Å². The summed E-state index contributed by atoms with van der Waals surface area (Å²) in [5.74, 6) is 0.955. The van der Waals surface area contributed by atoms with Crippen molar-refractivity contribution in [1.29, 1.82) is 0 Å². The van der Waals surface area contributed by atoms with Crippen LogP contribution in [0.1, 0.15) is 32.6 Å². The number of nitrogens with one attached hydrogen (secondary N) is 1. The van der Waals surface area contributed by atoms with E-state index in [2.05, 4.69) is 24.2 Å². The second-order valence-corrected chi connectivity index (χ2v) is 5.03. The lowest BCUT2D eigenvalue weighted by Crippen LogP contribution is -2.38. The third kappa shape index (κ3) is 2.44. The van der Waals surface area contributed by atoms with Gasteiger partial charge < -0.3 is 10.2 Å². The molecule has 2 heteroatoms. The molecule has 0 aromatic carbocycles. The predicted octanol–water partition coefficient (Wildman–Crippen LogP) is 1.47. The number of rotatable bonds is 2. The SMILES string of the molecule is C[C@@H]1CC[C@@H](N[C@@H]2CCN(C)C2)C1. The molecule has 0 spiro atoms. The summed E-state index contributed by atoms with van der Waals surface area (Å²) in [5.41, 5.74) is 0. The quantitative estimate of drug-likeness (QED) is 0.695. The molecule has 0 bridgehead atoms. The van der Waals surface area contributed by atoms with Gasteiger partial charge in [-0.05, 0) is 45.2 Å². The molecule has 0 radical (unpaired) electrons. The fourth-order valence-corrected chi connectivity index (χ4v) is 2.76. The molecule has 0 aromatic rings. The third-order valence-corrected chi connectivity index (χ3v) is 3.56. The average molecular weight is 182 g/mol. The van der Waals surface area contributed by atoms with Gasteiger partial charge >= 0.3 is 0 Å². The fourth-order valence-electron chi connectivity index (χ4n) is 2.76. The minimum atomic E-state index is 0.778. The van der Waals surface area contributed by atoms with Crippen molar-refractivity contribution < 1.29 is 0 Å². The highest BCUT2D eigenvalue weighted by atomic mass is 15.2. The molecule has 1 saturated carbocycles. The molecular formula is C11H22N2. The average Bonchev–Trinajstić information content (AvgIpc) is 2.62. The molecule has 0 unspecified atom stereocenters. The van der Waals surface area contributed by atoms with Crippen LogP contribution in [0.4, 0.5) is 0 Å². The van der Waals surface area contributed by atoms with Crippen molar-refractivity contribution in [1.82, 2.24) is 10.2 Å². The molecule has 2 aliphatic rings. The molecule has 1 heterocycles. The number of nitrogens with zero attached hydrogens (tertiary/aromatic N) is 1. The van der Waals surface area contributed by atoms with E-state index in [1.807, 2.05) is 0 Å². The number of likely N-dealkylation sites (N-methyl/N-ethyl adjacent to an activating group) is 1. The second kappa shape index (κ2) is 3.97. The van der Waals surface area contributed by atoms with Gasteiger partial charge in [-0.25, -0.2) is 0 Å². The van der Waals surface area contributed by atoms with Crippen LogP contribution in [0.5, 0.6) is 0 Å². The van der Waals surface area contributed by atoms with Crippen molar-refractivity contribution in [3.8, 4) is 0 Å². The van der Waals surface area contributed by atoms with Crippen LogP contribution >= 0.6 is 0 Å². The minimum absolute atomic E-state index is 0.778. The maximum absolute atomic E-state index is 3.80. The fraction of sp³-hybridized carbons (Fsp3) is 1.00. The summed E-state index contributed by atoms with van der Waals surface area (Å²) < 4.78 is 0. The van der Waals surface area contributed by atoms with E-state index in [0.29, 0.717) is 0 Å². The Morgan fingerprint density at radius 1 is 1.15 bits per heavy atom. The molecule has 76 valence electrons. The van der Waals surface area contributed by atoms with Crippen molar-refractivity contribution in [2.45, 2.75) is 44.7 Å². The van der Waals surface area contributed by atoms with Crippen LogP contribution in [-0.4, -0.2) is 37.1 Å². The van der Waals surface area contributed by atoms with Gasteiger partial charge in [0, 0.05) is 18.6 Å². The lowest BCUT2D eigenvalue weighted by Gasteiger charge is -2.18. The Balaban J connectivity index is 1.72. The first-order valence-corrected chi connectivity index (χ1v) is 5.68. The first kappa shape index (κ1) is 9.47. The van der Waals surface area contributed by atoms with E-state index in [4.69, 9.17) is 0 Å². The lowest BCUT2D eigenvalue weighted by molar-refractivity contribution is 0.378. The van der Waals surface area contributed by atoms with E-state index in [0.717, 1.165) is 18.0 Å². The van der Waals surface area contributed by atoms with E-state index in [-0.39, 0.29) is 0 Å². The van der Waals surface area contributed by atoms with E-state index in [1.54, 1.807) is 0 Å². The van der Waals surface area contributed by atoms with E-state index in [9.17, 15) is 0 Å². The topological polar surface area (TPSA) is 15.3 Å². The highest BCUT2D eigenvalue weighted by Gasteiger charge is 2.26. The Kier molecular flexibility index (Phi) is 2.89. The summed E-state index contributed by atoms with van der Waals surface area (Å²) in [4.78, 5) is 2.43. The molecule has 2 fully saturated rings. The van der Waals surface area contributed by atoms with E-state index < -0.39 is 0 Å². The van der Waals surface area contributed by atoms with Crippen molar-refractivity contribution in [3.63, 3.8) is 0 Å². The van der Waals surface area contributed by atoms with Gasteiger partial charge in [0.15, 0.2) is 0 Å². The van der Waals surface area contributed by atoms with Crippen LogP contribution in [0.15, 0.2) is 0 Å². The maximum atomic E-state index is 3.80. The first-order valence-electron chi connectivity index (χ1n) is 5.68. The van der Waals surface area contributed by atoms with Gasteiger partial charge in [0.1, 0.15) is 0 Å².